The van der Waals surface area contributed by atoms with Gasteiger partial charge in [-0.15, -0.1) is 0 Å². The lowest BCUT2D eigenvalue weighted by Gasteiger charge is -2.13. The van der Waals surface area contributed by atoms with Crippen molar-refractivity contribution in [2.75, 3.05) is 18.5 Å². The molecule has 0 radical (unpaired) electrons. The predicted molar refractivity (Wildman–Crippen MR) is 88.7 cm³/mol. The van der Waals surface area contributed by atoms with Crippen molar-refractivity contribution in [1.29, 1.82) is 0 Å². The van der Waals surface area contributed by atoms with Gasteiger partial charge in [0.25, 0.3) is 0 Å². The fraction of sp³-hybridized carbons (Fsp3) is 0.222. The standard InChI is InChI=1S/C18H18N2O4/c21-15(12-6-7-16-13(10-12)8-9-24-16)11-19-17(22)18(23)20-14-4-2-1-3-5-14/h1-7,10,15,21H,8-9,11H2,(H,19,22)(H,20,23). The molecule has 3 N–H and O–H groups in total. The van der Waals surface area contributed by atoms with Crippen LogP contribution in [0.4, 0.5) is 5.69 Å². The molecule has 0 spiro atoms. The molecule has 3 rings (SSSR count). The number of carbonyl (C=O) groups is 2. The largest absolute Gasteiger partial charge is 0.493 e. The third kappa shape index (κ3) is 3.72. The average Bonchev–Trinajstić information content (AvgIpc) is 3.07. The highest BCUT2D eigenvalue weighted by Gasteiger charge is 2.18. The molecule has 1 unspecified atom stereocenters. The van der Waals surface area contributed by atoms with Gasteiger partial charge in [-0.1, -0.05) is 24.3 Å². The van der Waals surface area contributed by atoms with Crippen molar-refractivity contribution in [2.24, 2.45) is 0 Å². The number of ether oxygens (including phenoxy) is 1. The summed E-state index contributed by atoms with van der Waals surface area (Å²) in [5.41, 5.74) is 2.26. The number of aliphatic hydroxyl groups excluding tert-OH is 1. The Bertz CT molecular complexity index is 746. The molecule has 0 bridgehead atoms. The summed E-state index contributed by atoms with van der Waals surface area (Å²) in [6.45, 7) is 0.603. The van der Waals surface area contributed by atoms with Gasteiger partial charge in [-0.3, -0.25) is 9.59 Å². The molecule has 6 nitrogen and oxygen atoms in total. The van der Waals surface area contributed by atoms with Crippen molar-refractivity contribution in [1.82, 2.24) is 5.32 Å². The van der Waals surface area contributed by atoms with Gasteiger partial charge >= 0.3 is 11.8 Å². The van der Waals surface area contributed by atoms with E-state index in [4.69, 9.17) is 4.74 Å². The first-order valence-electron chi connectivity index (χ1n) is 7.71. The molecule has 2 aromatic carbocycles. The summed E-state index contributed by atoms with van der Waals surface area (Å²) in [7, 11) is 0. The molecule has 2 aromatic rings. The van der Waals surface area contributed by atoms with Crippen LogP contribution in [0.3, 0.4) is 0 Å². The first kappa shape index (κ1) is 16.0. The number of carbonyl (C=O) groups excluding carboxylic acids is 2. The molecule has 1 aliphatic heterocycles. The van der Waals surface area contributed by atoms with E-state index in [0.717, 1.165) is 17.7 Å². The number of benzene rings is 2. The van der Waals surface area contributed by atoms with Crippen LogP contribution in [0, 0.1) is 0 Å². The molecule has 0 fully saturated rings. The van der Waals surface area contributed by atoms with Crippen LogP contribution in [-0.2, 0) is 16.0 Å². The maximum atomic E-state index is 11.8. The molecular formula is C18H18N2O4. The zero-order valence-electron chi connectivity index (χ0n) is 13.0. The molecule has 1 atom stereocenters. The van der Waals surface area contributed by atoms with E-state index < -0.39 is 17.9 Å². The van der Waals surface area contributed by atoms with E-state index in [1.807, 2.05) is 18.2 Å². The minimum atomic E-state index is -0.885. The van der Waals surface area contributed by atoms with Crippen LogP contribution in [-0.4, -0.2) is 30.1 Å². The van der Waals surface area contributed by atoms with Gasteiger partial charge in [0.2, 0.25) is 0 Å². The van der Waals surface area contributed by atoms with Gasteiger partial charge in [-0.2, -0.15) is 0 Å². The number of amides is 2. The Hall–Kier alpha value is -2.86. The van der Waals surface area contributed by atoms with E-state index in [9.17, 15) is 14.7 Å². The van der Waals surface area contributed by atoms with E-state index in [1.54, 1.807) is 30.3 Å². The maximum Gasteiger partial charge on any atom is 0.313 e. The number of anilines is 1. The van der Waals surface area contributed by atoms with Gasteiger partial charge in [-0.05, 0) is 35.4 Å². The van der Waals surface area contributed by atoms with Crippen LogP contribution in [0.2, 0.25) is 0 Å². The van der Waals surface area contributed by atoms with Gasteiger partial charge in [0.15, 0.2) is 0 Å². The Labute approximate surface area is 139 Å². The van der Waals surface area contributed by atoms with Crippen molar-refractivity contribution in [3.8, 4) is 5.75 Å². The van der Waals surface area contributed by atoms with Crippen LogP contribution >= 0.6 is 0 Å². The highest BCUT2D eigenvalue weighted by Crippen LogP contribution is 2.27. The molecular weight excluding hydrogens is 308 g/mol. The van der Waals surface area contributed by atoms with E-state index in [2.05, 4.69) is 10.6 Å². The van der Waals surface area contributed by atoms with Gasteiger partial charge < -0.3 is 20.5 Å². The number of hydrogen-bond acceptors (Lipinski definition) is 4. The third-order valence-electron chi connectivity index (χ3n) is 3.79. The van der Waals surface area contributed by atoms with Gasteiger partial charge in [0.1, 0.15) is 5.75 Å². The Kier molecular flexibility index (Phi) is 4.77. The fourth-order valence-corrected chi connectivity index (χ4v) is 2.51. The molecule has 124 valence electrons. The SMILES string of the molecule is O=C(NCC(O)c1ccc2c(c1)CCO2)C(=O)Nc1ccccc1. The lowest BCUT2D eigenvalue weighted by Crippen LogP contribution is -2.37. The van der Waals surface area contributed by atoms with Crippen molar-refractivity contribution >= 4 is 17.5 Å². The van der Waals surface area contributed by atoms with Crippen LogP contribution in [0.5, 0.6) is 5.75 Å². The Morgan fingerprint density at radius 3 is 2.71 bits per heavy atom. The average molecular weight is 326 g/mol. The van der Waals surface area contributed by atoms with Gasteiger partial charge in [-0.25, -0.2) is 0 Å². The first-order chi connectivity index (χ1) is 11.6. The Morgan fingerprint density at radius 2 is 1.92 bits per heavy atom. The Morgan fingerprint density at radius 1 is 1.12 bits per heavy atom. The summed E-state index contributed by atoms with van der Waals surface area (Å²) < 4.78 is 5.42. The molecule has 1 heterocycles. The molecule has 0 saturated heterocycles. The van der Waals surface area contributed by atoms with Crippen molar-refractivity contribution < 1.29 is 19.4 Å². The normalized spacial score (nSPS) is 13.5. The topological polar surface area (TPSA) is 87.7 Å². The Balaban J connectivity index is 1.53. The minimum absolute atomic E-state index is 0.0410. The highest BCUT2D eigenvalue weighted by atomic mass is 16.5. The summed E-state index contributed by atoms with van der Waals surface area (Å²) in [5.74, 6) is -0.727. The lowest BCUT2D eigenvalue weighted by atomic mass is 10.0. The molecule has 0 saturated carbocycles. The van der Waals surface area contributed by atoms with Gasteiger partial charge in [0.05, 0.1) is 12.7 Å². The van der Waals surface area contributed by atoms with Crippen LogP contribution in [0.15, 0.2) is 48.5 Å². The first-order valence-corrected chi connectivity index (χ1v) is 7.71. The highest BCUT2D eigenvalue weighted by molar-refractivity contribution is 6.39. The van der Waals surface area contributed by atoms with Crippen molar-refractivity contribution in [2.45, 2.75) is 12.5 Å². The summed E-state index contributed by atoms with van der Waals surface area (Å²) >= 11 is 0. The van der Waals surface area contributed by atoms with E-state index in [0.29, 0.717) is 17.9 Å². The van der Waals surface area contributed by atoms with Crippen LogP contribution in [0.1, 0.15) is 17.2 Å². The number of para-hydroxylation sites is 1. The molecule has 2 amide bonds. The molecule has 24 heavy (non-hydrogen) atoms. The van der Waals surface area contributed by atoms with Crippen molar-refractivity contribution in [3.63, 3.8) is 0 Å². The second-order valence-corrected chi connectivity index (χ2v) is 5.51. The molecule has 0 aromatic heterocycles. The summed E-state index contributed by atoms with van der Waals surface area (Å²) in [5, 5.41) is 15.1. The zero-order valence-corrected chi connectivity index (χ0v) is 13.0. The monoisotopic (exact) mass is 326 g/mol. The fourth-order valence-electron chi connectivity index (χ4n) is 2.51. The summed E-state index contributed by atoms with van der Waals surface area (Å²) in [4.78, 5) is 23.6. The third-order valence-corrected chi connectivity index (χ3v) is 3.79. The van der Waals surface area contributed by atoms with E-state index >= 15 is 0 Å². The zero-order chi connectivity index (χ0) is 16.9. The van der Waals surface area contributed by atoms with Gasteiger partial charge in [0, 0.05) is 18.7 Å². The predicted octanol–water partition coefficient (Wildman–Crippen LogP) is 1.41. The molecule has 6 heteroatoms. The van der Waals surface area contributed by atoms with E-state index in [-0.39, 0.29) is 6.54 Å². The lowest BCUT2D eigenvalue weighted by molar-refractivity contribution is -0.136. The van der Waals surface area contributed by atoms with E-state index in [1.165, 1.54) is 0 Å². The quantitative estimate of drug-likeness (QED) is 0.741. The number of fused-ring (bicyclic) bond motifs is 1. The molecule has 1 aliphatic rings. The number of hydrogen-bond donors (Lipinski definition) is 3. The number of rotatable bonds is 4. The molecule has 0 aliphatic carbocycles. The van der Waals surface area contributed by atoms with Crippen molar-refractivity contribution in [3.05, 3.63) is 59.7 Å². The minimum Gasteiger partial charge on any atom is -0.493 e. The second-order valence-electron chi connectivity index (χ2n) is 5.51. The van der Waals surface area contributed by atoms with Crippen LogP contribution in [0.25, 0.3) is 0 Å². The number of aliphatic hydroxyl groups is 1. The van der Waals surface area contributed by atoms with Crippen LogP contribution < -0.4 is 15.4 Å². The summed E-state index contributed by atoms with van der Waals surface area (Å²) in [6.07, 6.45) is -0.0776. The maximum absolute atomic E-state index is 11.8. The summed E-state index contributed by atoms with van der Waals surface area (Å²) in [6, 6.07) is 14.1. The smallest absolute Gasteiger partial charge is 0.313 e. The second kappa shape index (κ2) is 7.14. The number of nitrogens with one attached hydrogen (secondary N) is 2.